The molecule has 4 heteroatoms. The second kappa shape index (κ2) is 4.85. The maximum atomic E-state index is 10.6. The van der Waals surface area contributed by atoms with Crippen LogP contribution in [0.25, 0.3) is 0 Å². The molecule has 0 aromatic heterocycles. The molecule has 86 valence electrons. The third kappa shape index (κ3) is 2.20. The van der Waals surface area contributed by atoms with Gasteiger partial charge in [0.1, 0.15) is 0 Å². The minimum absolute atomic E-state index is 0.401. The van der Waals surface area contributed by atoms with Crippen molar-refractivity contribution in [2.24, 2.45) is 0 Å². The molecule has 0 spiro atoms. The van der Waals surface area contributed by atoms with Crippen LogP contribution in [-0.2, 0) is 4.74 Å². The molecule has 1 atom stereocenters. The monoisotopic (exact) mass is 239 g/mol. The predicted molar refractivity (Wildman–Crippen MR) is 64.5 cm³/mol. The summed E-state index contributed by atoms with van der Waals surface area (Å²) in [4.78, 5) is 12.8. The normalized spacial score (nSPS) is 19.8. The maximum Gasteiger partial charge on any atom is 0.151 e. The Kier molecular flexibility index (Phi) is 3.46. The van der Waals surface area contributed by atoms with E-state index >= 15 is 0 Å². The van der Waals surface area contributed by atoms with Crippen LogP contribution >= 0.6 is 11.6 Å². The second-order valence-electron chi connectivity index (χ2n) is 3.95. The van der Waals surface area contributed by atoms with Crippen LogP contribution in [0.1, 0.15) is 16.8 Å². The lowest BCUT2D eigenvalue weighted by Gasteiger charge is -2.25. The van der Waals surface area contributed by atoms with Crippen molar-refractivity contribution < 1.29 is 9.53 Å². The Labute approximate surface area is 100.0 Å². The molecular formula is C12H14ClNO2. The molecule has 16 heavy (non-hydrogen) atoms. The summed E-state index contributed by atoms with van der Waals surface area (Å²) < 4.78 is 5.34. The Morgan fingerprint density at radius 3 is 2.94 bits per heavy atom. The molecule has 1 fully saturated rings. The van der Waals surface area contributed by atoms with Crippen LogP contribution in [0.5, 0.6) is 0 Å². The summed E-state index contributed by atoms with van der Waals surface area (Å²) in [6, 6.07) is 5.88. The molecule has 1 aliphatic heterocycles. The molecule has 1 aliphatic rings. The first-order chi connectivity index (χ1) is 7.72. The molecule has 0 amide bonds. The number of carbonyl (C=O) groups is 1. The van der Waals surface area contributed by atoms with Crippen LogP contribution in [-0.4, -0.2) is 32.6 Å². The molecule has 2 rings (SSSR count). The van der Waals surface area contributed by atoms with E-state index in [4.69, 9.17) is 16.3 Å². The quantitative estimate of drug-likeness (QED) is 0.759. The fourth-order valence-electron chi connectivity index (χ4n) is 1.87. The summed E-state index contributed by atoms with van der Waals surface area (Å²) in [6.07, 6.45) is 1.80. The van der Waals surface area contributed by atoms with Gasteiger partial charge in [-0.25, -0.2) is 0 Å². The van der Waals surface area contributed by atoms with Gasteiger partial charge in [-0.1, -0.05) is 11.6 Å². The van der Waals surface area contributed by atoms with Crippen molar-refractivity contribution in [2.75, 3.05) is 25.2 Å². The number of hydrogen-bond acceptors (Lipinski definition) is 3. The number of likely N-dealkylation sites (N-methyl/N-ethyl adjacent to an activating group) is 1. The maximum absolute atomic E-state index is 10.6. The number of halogens is 1. The van der Waals surface area contributed by atoms with Crippen molar-refractivity contribution in [3.05, 3.63) is 28.8 Å². The molecule has 0 N–H and O–H groups in total. The average molecular weight is 240 g/mol. The van der Waals surface area contributed by atoms with Crippen LogP contribution in [0.3, 0.4) is 0 Å². The van der Waals surface area contributed by atoms with Gasteiger partial charge < -0.3 is 9.64 Å². The second-order valence-corrected chi connectivity index (χ2v) is 4.36. The van der Waals surface area contributed by atoms with E-state index in [0.717, 1.165) is 31.6 Å². The van der Waals surface area contributed by atoms with E-state index in [0.29, 0.717) is 16.6 Å². The molecule has 0 bridgehead atoms. The SMILES string of the molecule is CN(c1ccc(C=O)c(Cl)c1)C1CCOC1. The summed E-state index contributed by atoms with van der Waals surface area (Å²) in [5.74, 6) is 0. The lowest BCUT2D eigenvalue weighted by Crippen LogP contribution is -2.31. The highest BCUT2D eigenvalue weighted by Gasteiger charge is 2.20. The topological polar surface area (TPSA) is 29.5 Å². The predicted octanol–water partition coefficient (Wildman–Crippen LogP) is 2.38. The number of aldehydes is 1. The Bertz CT molecular complexity index is 389. The molecule has 0 aliphatic carbocycles. The number of nitrogens with zero attached hydrogens (tertiary/aromatic N) is 1. The Balaban J connectivity index is 2.19. The number of anilines is 1. The first-order valence-electron chi connectivity index (χ1n) is 5.27. The summed E-state index contributed by atoms with van der Waals surface area (Å²) in [5, 5.41) is 0.498. The van der Waals surface area contributed by atoms with Crippen molar-refractivity contribution in [3.8, 4) is 0 Å². The largest absolute Gasteiger partial charge is 0.379 e. The highest BCUT2D eigenvalue weighted by atomic mass is 35.5. The number of carbonyl (C=O) groups excluding carboxylic acids is 1. The third-order valence-electron chi connectivity index (χ3n) is 2.97. The van der Waals surface area contributed by atoms with Gasteiger partial charge in [-0.3, -0.25) is 4.79 Å². The van der Waals surface area contributed by atoms with E-state index in [1.807, 2.05) is 19.2 Å². The van der Waals surface area contributed by atoms with Crippen molar-refractivity contribution in [3.63, 3.8) is 0 Å². The zero-order valence-corrected chi connectivity index (χ0v) is 9.91. The van der Waals surface area contributed by atoms with Gasteiger partial charge in [0.25, 0.3) is 0 Å². The van der Waals surface area contributed by atoms with Crippen molar-refractivity contribution in [1.29, 1.82) is 0 Å². The Morgan fingerprint density at radius 2 is 2.38 bits per heavy atom. The third-order valence-corrected chi connectivity index (χ3v) is 3.30. The molecular weight excluding hydrogens is 226 g/mol. The molecule has 0 radical (unpaired) electrons. The van der Waals surface area contributed by atoms with Gasteiger partial charge in [0.15, 0.2) is 6.29 Å². The van der Waals surface area contributed by atoms with Gasteiger partial charge >= 0.3 is 0 Å². The van der Waals surface area contributed by atoms with Crippen molar-refractivity contribution in [1.82, 2.24) is 0 Å². The number of hydrogen-bond donors (Lipinski definition) is 0. The van der Waals surface area contributed by atoms with Gasteiger partial charge in [-0.2, -0.15) is 0 Å². The summed E-state index contributed by atoms with van der Waals surface area (Å²) >= 11 is 5.99. The first kappa shape index (κ1) is 11.4. The van der Waals surface area contributed by atoms with Gasteiger partial charge in [-0.05, 0) is 24.6 Å². The zero-order valence-electron chi connectivity index (χ0n) is 9.15. The summed E-state index contributed by atoms with van der Waals surface area (Å²) in [7, 11) is 2.02. The number of rotatable bonds is 3. The molecule has 1 unspecified atom stereocenters. The molecule has 1 saturated heterocycles. The van der Waals surface area contributed by atoms with Gasteiger partial charge in [0.2, 0.25) is 0 Å². The highest BCUT2D eigenvalue weighted by Crippen LogP contribution is 2.25. The van der Waals surface area contributed by atoms with Crippen molar-refractivity contribution in [2.45, 2.75) is 12.5 Å². The van der Waals surface area contributed by atoms with E-state index in [9.17, 15) is 4.79 Å². The molecule has 1 aromatic carbocycles. The van der Waals surface area contributed by atoms with Crippen LogP contribution in [0.15, 0.2) is 18.2 Å². The molecule has 3 nitrogen and oxygen atoms in total. The van der Waals surface area contributed by atoms with Crippen LogP contribution in [0.2, 0.25) is 5.02 Å². The van der Waals surface area contributed by atoms with Gasteiger partial charge in [0.05, 0.1) is 17.7 Å². The standard InChI is InChI=1S/C12H14ClNO2/c1-14(11-4-5-16-8-11)10-3-2-9(7-15)12(13)6-10/h2-3,6-7,11H,4-5,8H2,1H3. The number of benzene rings is 1. The van der Waals surface area contributed by atoms with Gasteiger partial charge in [-0.15, -0.1) is 0 Å². The number of ether oxygens (including phenoxy) is 1. The molecule has 0 saturated carbocycles. The minimum Gasteiger partial charge on any atom is -0.379 e. The minimum atomic E-state index is 0.401. The summed E-state index contributed by atoms with van der Waals surface area (Å²) in [5.41, 5.74) is 1.55. The van der Waals surface area contributed by atoms with E-state index in [2.05, 4.69) is 4.90 Å². The lowest BCUT2D eigenvalue weighted by molar-refractivity contribution is 0.112. The van der Waals surface area contributed by atoms with Crippen molar-refractivity contribution >= 4 is 23.6 Å². The van der Waals surface area contributed by atoms with E-state index in [1.165, 1.54) is 0 Å². The zero-order chi connectivity index (χ0) is 11.5. The fourth-order valence-corrected chi connectivity index (χ4v) is 2.09. The van der Waals surface area contributed by atoms with E-state index in [-0.39, 0.29) is 0 Å². The smallest absolute Gasteiger partial charge is 0.151 e. The van der Waals surface area contributed by atoms with Crippen LogP contribution in [0, 0.1) is 0 Å². The summed E-state index contributed by atoms with van der Waals surface area (Å²) in [6.45, 7) is 1.57. The highest BCUT2D eigenvalue weighted by molar-refractivity contribution is 6.33. The van der Waals surface area contributed by atoms with Crippen LogP contribution < -0.4 is 4.90 Å². The fraction of sp³-hybridized carbons (Fsp3) is 0.417. The Hall–Kier alpha value is -1.06. The first-order valence-corrected chi connectivity index (χ1v) is 5.65. The van der Waals surface area contributed by atoms with Crippen LogP contribution in [0.4, 0.5) is 5.69 Å². The van der Waals surface area contributed by atoms with E-state index < -0.39 is 0 Å². The lowest BCUT2D eigenvalue weighted by atomic mass is 10.1. The molecule has 1 heterocycles. The Morgan fingerprint density at radius 1 is 1.56 bits per heavy atom. The van der Waals surface area contributed by atoms with Gasteiger partial charge in [0, 0.05) is 24.9 Å². The average Bonchev–Trinajstić information content (AvgIpc) is 2.81. The van der Waals surface area contributed by atoms with E-state index in [1.54, 1.807) is 6.07 Å². The molecule has 1 aromatic rings.